The molecular formula is C15H19N3O2. The Balaban J connectivity index is 1.76. The summed E-state index contributed by atoms with van der Waals surface area (Å²) in [5.41, 5.74) is 11.6. The highest BCUT2D eigenvalue weighted by molar-refractivity contribution is 5.83. The fraction of sp³-hybridized carbons (Fsp3) is 0.467. The third-order valence-corrected chi connectivity index (χ3v) is 3.85. The Morgan fingerprint density at radius 1 is 1.40 bits per heavy atom. The lowest BCUT2D eigenvalue weighted by atomic mass is 9.98. The number of nitrogens with two attached hydrogens (primary N) is 2. The molecule has 5 heteroatoms. The highest BCUT2D eigenvalue weighted by Crippen LogP contribution is 2.49. The van der Waals surface area contributed by atoms with Crippen LogP contribution in [0.2, 0.25) is 0 Å². The molecule has 5 nitrogen and oxygen atoms in total. The van der Waals surface area contributed by atoms with Crippen molar-refractivity contribution in [1.82, 2.24) is 0 Å². The van der Waals surface area contributed by atoms with Crippen molar-refractivity contribution >= 4 is 11.6 Å². The number of nitrogens with zero attached hydrogens (tertiary/aromatic N) is 1. The van der Waals surface area contributed by atoms with Crippen LogP contribution in [0.25, 0.3) is 0 Å². The number of amides is 1. The zero-order valence-corrected chi connectivity index (χ0v) is 11.4. The fourth-order valence-corrected chi connectivity index (χ4v) is 2.31. The second kappa shape index (κ2) is 5.83. The van der Waals surface area contributed by atoms with Gasteiger partial charge in [-0.2, -0.15) is 5.26 Å². The number of unbranched alkanes of at least 4 members (excludes halogenated alkanes) is 1. The summed E-state index contributed by atoms with van der Waals surface area (Å²) in [5, 5.41) is 9.02. The van der Waals surface area contributed by atoms with Crippen molar-refractivity contribution in [3.05, 3.63) is 23.8 Å². The third-order valence-electron chi connectivity index (χ3n) is 3.85. The lowest BCUT2D eigenvalue weighted by Gasteiger charge is -2.11. The van der Waals surface area contributed by atoms with Crippen LogP contribution in [0.5, 0.6) is 5.75 Å². The van der Waals surface area contributed by atoms with Crippen molar-refractivity contribution in [3.63, 3.8) is 0 Å². The fourth-order valence-electron chi connectivity index (χ4n) is 2.31. The van der Waals surface area contributed by atoms with Gasteiger partial charge in [-0.1, -0.05) is 6.07 Å². The van der Waals surface area contributed by atoms with E-state index in [1.165, 1.54) is 0 Å². The van der Waals surface area contributed by atoms with Gasteiger partial charge in [-0.05, 0) is 44.2 Å². The first-order valence-corrected chi connectivity index (χ1v) is 6.80. The molecule has 1 aliphatic rings. The smallest absolute Gasteiger partial charge is 0.223 e. The van der Waals surface area contributed by atoms with Gasteiger partial charge in [0, 0.05) is 5.41 Å². The van der Waals surface area contributed by atoms with Gasteiger partial charge >= 0.3 is 0 Å². The maximum atomic E-state index is 11.2. The van der Waals surface area contributed by atoms with Crippen LogP contribution >= 0.6 is 0 Å². The predicted molar refractivity (Wildman–Crippen MR) is 75.8 cm³/mol. The molecule has 1 aromatic rings. The Bertz CT molecular complexity index is 545. The number of hydrogen-bond donors (Lipinski definition) is 2. The van der Waals surface area contributed by atoms with Gasteiger partial charge in [0.25, 0.3) is 0 Å². The number of nitrogen functional groups attached to an aromatic ring is 1. The number of anilines is 1. The molecular weight excluding hydrogens is 254 g/mol. The first-order chi connectivity index (χ1) is 9.59. The minimum absolute atomic E-state index is 0.180. The van der Waals surface area contributed by atoms with Crippen LogP contribution in [-0.2, 0) is 4.79 Å². The second-order valence-electron chi connectivity index (χ2n) is 5.28. The van der Waals surface area contributed by atoms with Gasteiger partial charge < -0.3 is 16.2 Å². The molecule has 0 aromatic heterocycles. The minimum atomic E-state index is -0.241. The van der Waals surface area contributed by atoms with E-state index in [2.05, 4.69) is 0 Å². The molecule has 1 saturated carbocycles. The predicted octanol–water partition coefficient (Wildman–Crippen LogP) is 1.96. The van der Waals surface area contributed by atoms with Crippen molar-refractivity contribution in [2.75, 3.05) is 12.3 Å². The second-order valence-corrected chi connectivity index (χ2v) is 5.28. The number of carbonyl (C=O) groups is 1. The van der Waals surface area contributed by atoms with E-state index in [1.54, 1.807) is 18.2 Å². The summed E-state index contributed by atoms with van der Waals surface area (Å²) in [7, 11) is 0. The Kier molecular flexibility index (Phi) is 4.14. The summed E-state index contributed by atoms with van der Waals surface area (Å²) in [6, 6.07) is 7.22. The first-order valence-electron chi connectivity index (χ1n) is 6.80. The summed E-state index contributed by atoms with van der Waals surface area (Å²) in [6.07, 6.45) is 4.38. The van der Waals surface area contributed by atoms with Gasteiger partial charge in [-0.15, -0.1) is 0 Å². The van der Waals surface area contributed by atoms with Gasteiger partial charge in [0.05, 0.1) is 12.3 Å². The maximum absolute atomic E-state index is 11.2. The molecule has 0 saturated heterocycles. The van der Waals surface area contributed by atoms with E-state index >= 15 is 0 Å². The van der Waals surface area contributed by atoms with Crippen LogP contribution in [0.3, 0.4) is 0 Å². The van der Waals surface area contributed by atoms with Crippen LogP contribution in [0, 0.1) is 16.7 Å². The third kappa shape index (κ3) is 3.02. The lowest BCUT2D eigenvalue weighted by Crippen LogP contribution is -2.24. The molecule has 0 radical (unpaired) electrons. The summed E-state index contributed by atoms with van der Waals surface area (Å²) in [6.45, 7) is 0.507. The maximum Gasteiger partial charge on any atom is 0.223 e. The summed E-state index contributed by atoms with van der Waals surface area (Å²) in [5.74, 6) is 0.338. The molecule has 20 heavy (non-hydrogen) atoms. The summed E-state index contributed by atoms with van der Waals surface area (Å²) >= 11 is 0. The number of rotatable bonds is 7. The molecule has 0 heterocycles. The average Bonchev–Trinajstić information content (AvgIpc) is 3.20. The Morgan fingerprint density at radius 2 is 2.15 bits per heavy atom. The normalized spacial score (nSPS) is 15.3. The number of nitriles is 1. The Morgan fingerprint density at radius 3 is 2.75 bits per heavy atom. The van der Waals surface area contributed by atoms with Crippen molar-refractivity contribution in [2.45, 2.75) is 32.1 Å². The first kappa shape index (κ1) is 14.2. The number of ether oxygens (including phenoxy) is 1. The van der Waals surface area contributed by atoms with Crippen LogP contribution in [0.15, 0.2) is 18.2 Å². The van der Waals surface area contributed by atoms with Crippen LogP contribution < -0.4 is 16.2 Å². The monoisotopic (exact) mass is 273 g/mol. The molecule has 1 aliphatic carbocycles. The van der Waals surface area contributed by atoms with E-state index < -0.39 is 0 Å². The molecule has 0 aliphatic heterocycles. The molecule has 1 fully saturated rings. The standard InChI is InChI=1S/C15H19N3O2/c16-10-11-12(17)4-3-5-13(11)20-9-2-1-6-15(7-8-15)14(18)19/h3-5H,1-2,6-9,17H2,(H2,18,19). The molecule has 4 N–H and O–H groups in total. The SMILES string of the molecule is N#Cc1c(N)cccc1OCCCCC1(C(N)=O)CC1. The molecule has 0 unspecified atom stereocenters. The largest absolute Gasteiger partial charge is 0.492 e. The van der Waals surface area contributed by atoms with Gasteiger partial charge in [0.2, 0.25) is 5.91 Å². The summed E-state index contributed by atoms with van der Waals surface area (Å²) < 4.78 is 5.59. The van der Waals surface area contributed by atoms with Gasteiger partial charge in [0.1, 0.15) is 17.4 Å². The van der Waals surface area contributed by atoms with Crippen molar-refractivity contribution in [3.8, 4) is 11.8 Å². The van der Waals surface area contributed by atoms with Crippen LogP contribution in [-0.4, -0.2) is 12.5 Å². The molecule has 106 valence electrons. The number of hydrogen-bond acceptors (Lipinski definition) is 4. The molecule has 0 atom stereocenters. The average molecular weight is 273 g/mol. The van der Waals surface area contributed by atoms with Crippen LogP contribution in [0.1, 0.15) is 37.7 Å². The molecule has 2 rings (SSSR count). The van der Waals surface area contributed by atoms with E-state index in [9.17, 15) is 4.79 Å². The zero-order valence-electron chi connectivity index (χ0n) is 11.4. The van der Waals surface area contributed by atoms with E-state index in [0.29, 0.717) is 23.6 Å². The molecule has 1 aromatic carbocycles. The number of carbonyl (C=O) groups excluding carboxylic acids is 1. The molecule has 0 spiro atoms. The highest BCUT2D eigenvalue weighted by atomic mass is 16.5. The van der Waals surface area contributed by atoms with E-state index in [-0.39, 0.29) is 11.3 Å². The minimum Gasteiger partial charge on any atom is -0.492 e. The zero-order chi connectivity index (χ0) is 14.6. The van der Waals surface area contributed by atoms with Gasteiger partial charge in [-0.3, -0.25) is 4.79 Å². The Hall–Kier alpha value is -2.22. The van der Waals surface area contributed by atoms with E-state index in [1.807, 2.05) is 6.07 Å². The van der Waals surface area contributed by atoms with E-state index in [0.717, 1.165) is 32.1 Å². The topological polar surface area (TPSA) is 102 Å². The quantitative estimate of drug-likeness (QED) is 0.585. The molecule has 1 amide bonds. The van der Waals surface area contributed by atoms with Crippen molar-refractivity contribution in [2.24, 2.45) is 11.1 Å². The van der Waals surface area contributed by atoms with Crippen molar-refractivity contribution < 1.29 is 9.53 Å². The van der Waals surface area contributed by atoms with E-state index in [4.69, 9.17) is 21.5 Å². The van der Waals surface area contributed by atoms with Gasteiger partial charge in [0.15, 0.2) is 0 Å². The Labute approximate surface area is 118 Å². The molecule has 0 bridgehead atoms. The highest BCUT2D eigenvalue weighted by Gasteiger charge is 2.47. The van der Waals surface area contributed by atoms with Crippen LogP contribution in [0.4, 0.5) is 5.69 Å². The lowest BCUT2D eigenvalue weighted by molar-refractivity contribution is -0.123. The van der Waals surface area contributed by atoms with Crippen molar-refractivity contribution in [1.29, 1.82) is 5.26 Å². The van der Waals surface area contributed by atoms with Gasteiger partial charge in [-0.25, -0.2) is 0 Å². The summed E-state index contributed by atoms with van der Waals surface area (Å²) in [4.78, 5) is 11.2. The number of benzene rings is 1. The number of primary amides is 1.